The van der Waals surface area contributed by atoms with Crippen LogP contribution in [0, 0.1) is 17.7 Å². The summed E-state index contributed by atoms with van der Waals surface area (Å²) in [6.45, 7) is 0.347. The van der Waals surface area contributed by atoms with Gasteiger partial charge in [-0.05, 0) is 23.8 Å². The fraction of sp³-hybridized carbons (Fsp3) is 0.273. The van der Waals surface area contributed by atoms with Crippen molar-refractivity contribution < 1.29 is 23.5 Å². The summed E-state index contributed by atoms with van der Waals surface area (Å²) in [7, 11) is 0. The number of carbonyl (C=O) groups is 2. The van der Waals surface area contributed by atoms with Crippen molar-refractivity contribution in [3.63, 3.8) is 0 Å². The Kier molecular flexibility index (Phi) is 4.22. The monoisotopic (exact) mass is 413 g/mol. The van der Waals surface area contributed by atoms with Gasteiger partial charge >= 0.3 is 5.97 Å². The lowest BCUT2D eigenvalue weighted by molar-refractivity contribution is -0.153. The second-order valence-electron chi connectivity index (χ2n) is 7.52. The number of anilines is 1. The summed E-state index contributed by atoms with van der Waals surface area (Å²) in [6.07, 6.45) is 3.16. The first-order valence-electron chi connectivity index (χ1n) is 9.33. The molecule has 0 unspecified atom stereocenters. The zero-order valence-corrected chi connectivity index (χ0v) is 16.0. The van der Waals surface area contributed by atoms with E-state index in [1.54, 1.807) is 6.07 Å². The Hall–Kier alpha value is -2.70. The van der Waals surface area contributed by atoms with E-state index in [1.165, 1.54) is 17.0 Å². The van der Waals surface area contributed by atoms with Gasteiger partial charge in [0.05, 0.1) is 23.6 Å². The molecule has 5 nitrogen and oxygen atoms in total. The predicted octanol–water partition coefficient (Wildman–Crippen LogP) is 3.51. The first-order valence-corrected chi connectivity index (χ1v) is 9.70. The Morgan fingerprint density at radius 3 is 2.83 bits per heavy atom. The predicted molar refractivity (Wildman–Crippen MR) is 104 cm³/mol. The number of benzene rings is 2. The molecule has 2 saturated heterocycles. The van der Waals surface area contributed by atoms with Crippen LogP contribution in [0.5, 0.6) is 0 Å². The summed E-state index contributed by atoms with van der Waals surface area (Å²) in [5.41, 5.74) is 0.359. The van der Waals surface area contributed by atoms with Crippen molar-refractivity contribution in [1.82, 2.24) is 0 Å². The fourth-order valence-corrected chi connectivity index (χ4v) is 4.58. The normalized spacial score (nSPS) is 29.4. The molecule has 1 spiro atoms. The minimum absolute atomic E-state index is 0.0156. The first-order chi connectivity index (χ1) is 14.0. The summed E-state index contributed by atoms with van der Waals surface area (Å²) in [6, 6.07) is 13.6. The van der Waals surface area contributed by atoms with Crippen molar-refractivity contribution >= 4 is 29.2 Å². The van der Waals surface area contributed by atoms with Gasteiger partial charge in [0.1, 0.15) is 23.9 Å². The molecule has 2 bridgehead atoms. The van der Waals surface area contributed by atoms with Crippen molar-refractivity contribution in [2.24, 2.45) is 11.8 Å². The van der Waals surface area contributed by atoms with E-state index in [2.05, 4.69) is 0 Å². The number of rotatable bonds is 4. The van der Waals surface area contributed by atoms with Crippen molar-refractivity contribution in [1.29, 1.82) is 0 Å². The lowest BCUT2D eigenvalue weighted by atomic mass is 9.77. The van der Waals surface area contributed by atoms with E-state index >= 15 is 0 Å². The fourth-order valence-electron chi connectivity index (χ4n) is 4.46. The molecule has 3 aliphatic heterocycles. The molecule has 7 heteroatoms. The largest absolute Gasteiger partial charge is 0.460 e. The second-order valence-corrected chi connectivity index (χ2v) is 7.92. The molecule has 5 rings (SSSR count). The highest BCUT2D eigenvalue weighted by Crippen LogP contribution is 2.53. The zero-order chi connectivity index (χ0) is 20.2. The van der Waals surface area contributed by atoms with Crippen LogP contribution >= 0.6 is 11.6 Å². The van der Waals surface area contributed by atoms with Gasteiger partial charge in [-0.3, -0.25) is 9.59 Å². The second kappa shape index (κ2) is 6.68. The number of fused-ring (bicyclic) bond motifs is 1. The lowest BCUT2D eigenvalue weighted by Gasteiger charge is -2.22. The minimum atomic E-state index is -0.895. The van der Waals surface area contributed by atoms with Gasteiger partial charge in [-0.2, -0.15) is 0 Å². The average Bonchev–Trinajstić information content (AvgIpc) is 3.37. The highest BCUT2D eigenvalue weighted by molar-refractivity contribution is 6.30. The topological polar surface area (TPSA) is 55.8 Å². The molecule has 0 radical (unpaired) electrons. The van der Waals surface area contributed by atoms with Crippen molar-refractivity contribution in [3.05, 3.63) is 77.1 Å². The quantitative estimate of drug-likeness (QED) is 0.568. The van der Waals surface area contributed by atoms with Crippen LogP contribution in [0.15, 0.2) is 60.7 Å². The molecule has 4 atom stereocenters. The molecule has 0 saturated carbocycles. The van der Waals surface area contributed by atoms with E-state index in [1.807, 2.05) is 42.5 Å². The number of esters is 1. The lowest BCUT2D eigenvalue weighted by Crippen LogP contribution is -2.40. The highest BCUT2D eigenvalue weighted by atomic mass is 35.5. The Bertz CT molecular complexity index is 1030. The number of halogens is 2. The van der Waals surface area contributed by atoms with Crippen molar-refractivity contribution in [2.75, 3.05) is 11.4 Å². The minimum Gasteiger partial charge on any atom is -0.460 e. The third-order valence-corrected chi connectivity index (χ3v) is 6.12. The number of carbonyl (C=O) groups excluding carboxylic acids is 2. The molecule has 2 aromatic rings. The summed E-state index contributed by atoms with van der Waals surface area (Å²) in [4.78, 5) is 27.5. The Morgan fingerprint density at radius 2 is 2.07 bits per heavy atom. The summed E-state index contributed by atoms with van der Waals surface area (Å²) in [5, 5.41) is -0.0156. The molecular formula is C22H17ClFNO4. The maximum Gasteiger partial charge on any atom is 0.313 e. The van der Waals surface area contributed by atoms with E-state index in [9.17, 15) is 14.0 Å². The number of nitrogens with zero attached hydrogens (tertiary/aromatic N) is 1. The van der Waals surface area contributed by atoms with Gasteiger partial charge in [0.25, 0.3) is 0 Å². The van der Waals surface area contributed by atoms with Crippen LogP contribution in [0.2, 0.25) is 5.02 Å². The van der Waals surface area contributed by atoms with Gasteiger partial charge in [0.15, 0.2) is 0 Å². The van der Waals surface area contributed by atoms with E-state index in [0.717, 1.165) is 5.56 Å². The smallest absolute Gasteiger partial charge is 0.313 e. The van der Waals surface area contributed by atoms with E-state index in [-0.39, 0.29) is 24.1 Å². The number of amides is 1. The number of ether oxygens (including phenoxy) is 2. The van der Waals surface area contributed by atoms with Crippen LogP contribution in [-0.2, 0) is 25.7 Å². The van der Waals surface area contributed by atoms with Crippen LogP contribution < -0.4 is 4.90 Å². The van der Waals surface area contributed by atoms with Crippen LogP contribution in [0.4, 0.5) is 10.1 Å². The van der Waals surface area contributed by atoms with Crippen LogP contribution in [-0.4, -0.2) is 30.1 Å². The molecule has 2 fully saturated rings. The Morgan fingerprint density at radius 1 is 1.28 bits per heavy atom. The molecule has 3 aliphatic rings. The maximum atomic E-state index is 13.9. The summed E-state index contributed by atoms with van der Waals surface area (Å²) < 4.78 is 25.5. The standard InChI is InChI=1S/C22H17ClFNO4/c23-15-7-6-14(10-16(15)24)25-12-22-9-8-17(29-22)18(19(22)20(25)26)21(27)28-11-13-4-2-1-3-5-13/h1-10,17-19H,11-12H2/t17-,18-,19+,22+/m1/s1. The van der Waals surface area contributed by atoms with Crippen molar-refractivity contribution in [2.45, 2.75) is 18.3 Å². The Balaban J connectivity index is 1.39. The highest BCUT2D eigenvalue weighted by Gasteiger charge is 2.67. The third kappa shape index (κ3) is 2.86. The molecule has 0 aromatic heterocycles. The molecule has 3 heterocycles. The molecule has 0 N–H and O–H groups in total. The number of hydrogen-bond acceptors (Lipinski definition) is 4. The van der Waals surface area contributed by atoms with Gasteiger partial charge < -0.3 is 14.4 Å². The summed E-state index contributed by atoms with van der Waals surface area (Å²) in [5.74, 6) is -2.77. The number of hydrogen-bond donors (Lipinski definition) is 0. The van der Waals surface area contributed by atoms with E-state index < -0.39 is 35.3 Å². The SMILES string of the molecule is O=C(OCc1ccccc1)[C@H]1[C@H]2C(=O)N(c3ccc(Cl)c(F)c3)C[C@@]23C=C[C@H]1O3. The first kappa shape index (κ1) is 18.3. The van der Waals surface area contributed by atoms with Crippen LogP contribution in [0.1, 0.15) is 5.56 Å². The van der Waals surface area contributed by atoms with E-state index in [4.69, 9.17) is 21.1 Å². The average molecular weight is 414 g/mol. The molecule has 0 aliphatic carbocycles. The Labute approximate surface area is 171 Å². The van der Waals surface area contributed by atoms with Crippen molar-refractivity contribution in [3.8, 4) is 0 Å². The molecule has 29 heavy (non-hydrogen) atoms. The molecule has 148 valence electrons. The zero-order valence-electron chi connectivity index (χ0n) is 15.3. The van der Waals surface area contributed by atoms with Crippen LogP contribution in [0.25, 0.3) is 0 Å². The molecular weight excluding hydrogens is 397 g/mol. The van der Waals surface area contributed by atoms with Gasteiger partial charge in [0.2, 0.25) is 5.91 Å². The van der Waals surface area contributed by atoms with Gasteiger partial charge in [-0.1, -0.05) is 54.1 Å². The molecule has 1 amide bonds. The van der Waals surface area contributed by atoms with Crippen LogP contribution in [0.3, 0.4) is 0 Å². The van der Waals surface area contributed by atoms with E-state index in [0.29, 0.717) is 5.69 Å². The third-order valence-electron chi connectivity index (χ3n) is 5.81. The van der Waals surface area contributed by atoms with Gasteiger partial charge in [-0.15, -0.1) is 0 Å². The summed E-state index contributed by atoms with van der Waals surface area (Å²) >= 11 is 5.76. The molecule has 2 aromatic carbocycles. The van der Waals surface area contributed by atoms with Gasteiger partial charge in [0, 0.05) is 5.69 Å². The van der Waals surface area contributed by atoms with Gasteiger partial charge in [-0.25, -0.2) is 4.39 Å². The maximum absolute atomic E-state index is 13.9.